The molecular weight excluding hydrogens is 545 g/mol. The number of nitrogens with two attached hydrogens (primary N) is 1. The highest BCUT2D eigenvalue weighted by Crippen LogP contribution is 2.40. The van der Waals surface area contributed by atoms with Crippen molar-refractivity contribution in [1.29, 1.82) is 5.41 Å². The van der Waals surface area contributed by atoms with Gasteiger partial charge in [-0.2, -0.15) is 14.5 Å². The minimum absolute atomic E-state index is 0.0358. The second kappa shape index (κ2) is 11.7. The van der Waals surface area contributed by atoms with Crippen LogP contribution in [0.4, 0.5) is 9.52 Å². The molecule has 2 fully saturated rings. The summed E-state index contributed by atoms with van der Waals surface area (Å²) < 4.78 is 16.3. The van der Waals surface area contributed by atoms with Gasteiger partial charge in [0.05, 0.1) is 6.21 Å². The first-order valence-corrected chi connectivity index (χ1v) is 12.9. The summed E-state index contributed by atoms with van der Waals surface area (Å²) in [4.78, 5) is 48.9. The van der Waals surface area contributed by atoms with Crippen molar-refractivity contribution in [3.8, 4) is 0 Å². The van der Waals surface area contributed by atoms with Crippen molar-refractivity contribution in [2.45, 2.75) is 11.4 Å². The van der Waals surface area contributed by atoms with E-state index in [0.717, 1.165) is 29.5 Å². The zero-order chi connectivity index (χ0) is 27.4. The number of alkyl halides is 1. The summed E-state index contributed by atoms with van der Waals surface area (Å²) in [5.74, 6) is -2.80. The number of anilines is 1. The zero-order valence-corrected chi connectivity index (χ0v) is 21.6. The number of amides is 2. The van der Waals surface area contributed by atoms with Crippen LogP contribution in [0.1, 0.15) is 5.82 Å². The zero-order valence-electron chi connectivity index (χ0n) is 20.0. The summed E-state index contributed by atoms with van der Waals surface area (Å²) in [6, 6.07) is -1.09. The first-order chi connectivity index (χ1) is 18.2. The Morgan fingerprint density at radius 3 is 2.82 bits per heavy atom. The van der Waals surface area contributed by atoms with Gasteiger partial charge in [-0.3, -0.25) is 19.9 Å². The molecule has 0 aromatic carbocycles. The van der Waals surface area contributed by atoms with Gasteiger partial charge in [0.15, 0.2) is 5.13 Å². The van der Waals surface area contributed by atoms with Crippen molar-refractivity contribution in [2.24, 2.45) is 10.3 Å². The van der Waals surface area contributed by atoms with Crippen molar-refractivity contribution in [1.82, 2.24) is 34.8 Å². The molecule has 0 bridgehead atoms. The van der Waals surface area contributed by atoms with E-state index in [-0.39, 0.29) is 33.9 Å². The molecule has 0 aliphatic carbocycles. The number of oxime groups is 1. The van der Waals surface area contributed by atoms with E-state index < -0.39 is 41.8 Å². The number of nitrogen functional groups attached to an aromatic ring is 1. The number of aliphatic carboxylic acids is 1. The fourth-order valence-corrected chi connectivity index (χ4v) is 5.58. The van der Waals surface area contributed by atoms with Gasteiger partial charge < -0.3 is 31.2 Å². The van der Waals surface area contributed by atoms with Crippen LogP contribution >= 0.6 is 23.3 Å². The van der Waals surface area contributed by atoms with Gasteiger partial charge in [0.25, 0.3) is 18.7 Å². The molecule has 2 saturated heterocycles. The minimum atomic E-state index is -1.34. The molecule has 4 heterocycles. The average molecular weight is 570 g/mol. The maximum Gasteiger partial charge on any atom is 0.353 e. The number of carbonyl (C=O) groups is 3. The monoisotopic (exact) mass is 569 g/mol. The van der Waals surface area contributed by atoms with E-state index in [0.29, 0.717) is 13.1 Å². The second-order valence-electron chi connectivity index (χ2n) is 8.00. The lowest BCUT2D eigenvalue weighted by atomic mass is 10.0. The Hall–Kier alpha value is -3.84. The third kappa shape index (κ3) is 5.53. The van der Waals surface area contributed by atoms with Gasteiger partial charge in [0.2, 0.25) is 17.5 Å². The lowest BCUT2D eigenvalue weighted by Crippen LogP contribution is -2.71. The number of thioether (sulfide) groups is 1. The van der Waals surface area contributed by atoms with Gasteiger partial charge in [0, 0.05) is 56.1 Å². The molecule has 0 saturated carbocycles. The van der Waals surface area contributed by atoms with Crippen LogP contribution in [0.15, 0.2) is 21.5 Å². The fourth-order valence-electron chi connectivity index (χ4n) is 3.85. The number of aromatic nitrogens is 2. The molecule has 204 valence electrons. The fraction of sp³-hybridized carbons (Fsp3) is 0.474. The highest BCUT2D eigenvalue weighted by Gasteiger charge is 2.54. The highest BCUT2D eigenvalue weighted by atomic mass is 32.2. The maximum atomic E-state index is 12.9. The summed E-state index contributed by atoms with van der Waals surface area (Å²) in [5, 5.41) is 32.1. The van der Waals surface area contributed by atoms with Crippen molar-refractivity contribution >= 4 is 64.1 Å². The van der Waals surface area contributed by atoms with Gasteiger partial charge in [-0.15, -0.1) is 11.8 Å². The van der Waals surface area contributed by atoms with Crippen LogP contribution in [-0.4, -0.2) is 122 Å². The van der Waals surface area contributed by atoms with Crippen LogP contribution in [0.3, 0.4) is 0 Å². The molecule has 0 spiro atoms. The number of carboxylic acids is 1. The van der Waals surface area contributed by atoms with Crippen LogP contribution in [-0.2, 0) is 19.2 Å². The van der Waals surface area contributed by atoms with Crippen LogP contribution in [0.25, 0.3) is 0 Å². The van der Waals surface area contributed by atoms with Gasteiger partial charge in [-0.05, 0) is 0 Å². The molecule has 1 unspecified atom stereocenters. The topological polar surface area (TPSA) is 215 Å². The van der Waals surface area contributed by atoms with E-state index in [1.54, 1.807) is 7.05 Å². The summed E-state index contributed by atoms with van der Waals surface area (Å²) in [7, 11) is 1.58. The Balaban J connectivity index is 1.47. The lowest BCUT2D eigenvalue weighted by molar-refractivity contribution is -0.150. The first kappa shape index (κ1) is 27.2. The Morgan fingerprint density at radius 2 is 2.18 bits per heavy atom. The number of piperazine rings is 1. The van der Waals surface area contributed by atoms with E-state index in [9.17, 15) is 23.9 Å². The molecule has 1 aromatic heterocycles. The number of carbonyl (C=O) groups excluding carboxylic acids is 2. The lowest BCUT2D eigenvalue weighted by Gasteiger charge is -2.49. The molecule has 3 aliphatic rings. The van der Waals surface area contributed by atoms with Crippen LogP contribution in [0.5, 0.6) is 0 Å². The van der Waals surface area contributed by atoms with Gasteiger partial charge >= 0.3 is 5.97 Å². The van der Waals surface area contributed by atoms with Gasteiger partial charge in [-0.25, -0.2) is 14.2 Å². The number of β-lactam (4-membered cyclic amide) rings is 1. The largest absolute Gasteiger partial charge is 0.477 e. The number of rotatable bonds is 8. The summed E-state index contributed by atoms with van der Waals surface area (Å²) in [5.41, 5.74) is 5.06. The van der Waals surface area contributed by atoms with Gasteiger partial charge in [0.1, 0.15) is 17.1 Å². The average Bonchev–Trinajstić information content (AvgIpc) is 3.35. The third-order valence-corrected chi connectivity index (χ3v) is 7.51. The number of halogens is 1. The molecule has 6 N–H and O–H groups in total. The van der Waals surface area contributed by atoms with Crippen molar-refractivity contribution in [3.63, 3.8) is 0 Å². The Morgan fingerprint density at radius 1 is 1.45 bits per heavy atom. The Labute approximate surface area is 223 Å². The van der Waals surface area contributed by atoms with Gasteiger partial charge in [-0.1, -0.05) is 5.16 Å². The number of hydrazone groups is 1. The normalized spacial score (nSPS) is 21.7. The van der Waals surface area contributed by atoms with E-state index in [1.165, 1.54) is 23.0 Å². The van der Waals surface area contributed by atoms with Crippen LogP contribution in [0, 0.1) is 5.41 Å². The number of hydrogen-bond donors (Lipinski definition) is 5. The predicted octanol–water partition coefficient (Wildman–Crippen LogP) is -1.74. The van der Waals surface area contributed by atoms with Crippen molar-refractivity contribution < 1.29 is 28.7 Å². The van der Waals surface area contributed by atoms with E-state index in [1.807, 2.05) is 4.90 Å². The number of carboxylic acid groups (broad SMARTS) is 1. The predicted molar refractivity (Wildman–Crippen MR) is 136 cm³/mol. The van der Waals surface area contributed by atoms with Crippen molar-refractivity contribution in [3.05, 3.63) is 17.1 Å². The molecule has 1 aromatic rings. The summed E-state index contributed by atoms with van der Waals surface area (Å²) in [6.07, 6.45) is 1.32. The molecule has 0 radical (unpaired) electrons. The second-order valence-corrected chi connectivity index (χ2v) is 9.89. The van der Waals surface area contributed by atoms with E-state index in [2.05, 4.69) is 35.1 Å². The minimum Gasteiger partial charge on any atom is -0.477 e. The van der Waals surface area contributed by atoms with Crippen molar-refractivity contribution in [2.75, 3.05) is 51.6 Å². The number of nitrogens with one attached hydrogen (secondary N) is 3. The Bertz CT molecular complexity index is 1220. The molecule has 2 atom stereocenters. The number of nitrogens with zero attached hydrogens (tertiary/aromatic N) is 7. The van der Waals surface area contributed by atoms with E-state index >= 15 is 0 Å². The molecular formula is C19H24FN11O5S2. The third-order valence-electron chi connectivity index (χ3n) is 5.67. The van der Waals surface area contributed by atoms with Crippen LogP contribution < -0.4 is 16.4 Å². The highest BCUT2D eigenvalue weighted by molar-refractivity contribution is 8.00. The maximum absolute atomic E-state index is 12.9. The number of hydrogen-bond acceptors (Lipinski definition) is 13. The number of fused-ring (bicyclic) bond motifs is 1. The van der Waals surface area contributed by atoms with Crippen LogP contribution in [0.2, 0.25) is 0 Å². The first-order valence-electron chi connectivity index (χ1n) is 11.1. The summed E-state index contributed by atoms with van der Waals surface area (Å²) in [6.45, 7) is 1.46. The quantitative estimate of drug-likeness (QED) is 0.102. The number of guanidine groups is 1. The Kier molecular flexibility index (Phi) is 8.37. The smallest absolute Gasteiger partial charge is 0.353 e. The SMILES string of the molecule is CN(N=CC1=C(C(=O)O)N2C(=O)C(NC(=O)/C(=N\OCF)c3nsc(N)n3)[C@H]2SC1)C(=N)N1CCNCC1. The molecule has 19 heteroatoms. The molecule has 2 amide bonds. The molecule has 4 rings (SSSR count). The summed E-state index contributed by atoms with van der Waals surface area (Å²) >= 11 is 2.00. The van der Waals surface area contributed by atoms with E-state index in [4.69, 9.17) is 11.1 Å². The molecule has 38 heavy (non-hydrogen) atoms. The standard InChI is InChI=1S/C19H24FN11O5S2/c1-29(19(22)30-4-2-23-3-5-30)24-6-9-7-37-16-11(15(33)31(16)12(9)17(34)35)25-14(32)10(27-36-8-20)13-26-18(21)38-28-13/h6,11,16,22-23H,2-5,7-8H2,1H3,(H,25,32)(H,34,35)(H2,21,26,28)/b22-19?,24-6?,27-10-/t11?,16-/m1/s1. The molecule has 16 nitrogen and oxygen atoms in total. The molecule has 3 aliphatic heterocycles.